The summed E-state index contributed by atoms with van der Waals surface area (Å²) in [6.07, 6.45) is 3.52. The molecule has 3 heterocycles. The SMILES string of the molecule is c1ccc(S2(c3ccccn3)NO2)nc1. The molecule has 0 unspecified atom stereocenters. The average Bonchev–Trinajstić information content (AvgIpc) is 3.13. The van der Waals surface area contributed by atoms with Crippen LogP contribution in [0.5, 0.6) is 0 Å². The summed E-state index contributed by atoms with van der Waals surface area (Å²) >= 11 is 0. The van der Waals surface area contributed by atoms with Crippen LogP contribution in [0, 0.1) is 0 Å². The molecule has 1 N–H and O–H groups in total. The van der Waals surface area contributed by atoms with Gasteiger partial charge in [-0.15, -0.1) is 4.89 Å². The molecule has 0 radical (unpaired) electrons. The van der Waals surface area contributed by atoms with Crippen molar-refractivity contribution in [2.24, 2.45) is 0 Å². The molecule has 1 aliphatic heterocycles. The zero-order chi connectivity index (χ0) is 10.1. The van der Waals surface area contributed by atoms with Gasteiger partial charge in [-0.2, -0.15) is 0 Å². The van der Waals surface area contributed by atoms with Crippen LogP contribution in [0.25, 0.3) is 0 Å². The zero-order valence-corrected chi connectivity index (χ0v) is 8.65. The first kappa shape index (κ1) is 8.84. The Morgan fingerprint density at radius 3 is 1.80 bits per heavy atom. The second-order valence-corrected chi connectivity index (χ2v) is 5.34. The van der Waals surface area contributed by atoms with E-state index in [4.69, 9.17) is 4.28 Å². The first-order valence-electron chi connectivity index (χ1n) is 4.52. The van der Waals surface area contributed by atoms with E-state index in [2.05, 4.69) is 14.9 Å². The molecule has 3 rings (SSSR count). The Balaban J connectivity index is 2.06. The molecule has 15 heavy (non-hydrogen) atoms. The van der Waals surface area contributed by atoms with Crippen molar-refractivity contribution in [3.63, 3.8) is 0 Å². The van der Waals surface area contributed by atoms with E-state index in [1.54, 1.807) is 12.4 Å². The Hall–Kier alpha value is -1.43. The molecule has 1 aliphatic rings. The van der Waals surface area contributed by atoms with Gasteiger partial charge in [0.05, 0.1) is 10.5 Å². The minimum atomic E-state index is -1.56. The highest BCUT2D eigenvalue weighted by molar-refractivity contribution is 8.32. The van der Waals surface area contributed by atoms with Crippen LogP contribution >= 0.6 is 10.5 Å². The molecular weight excluding hydrogens is 210 g/mol. The van der Waals surface area contributed by atoms with Gasteiger partial charge in [0, 0.05) is 12.4 Å². The molecule has 0 atom stereocenters. The predicted molar refractivity (Wildman–Crippen MR) is 56.8 cm³/mol. The molecule has 2 aromatic rings. The number of pyridine rings is 2. The lowest BCUT2D eigenvalue weighted by atomic mass is 10.5. The highest BCUT2D eigenvalue weighted by atomic mass is 32.3. The fourth-order valence-corrected chi connectivity index (χ4v) is 3.13. The molecule has 0 spiro atoms. The Bertz CT molecular complexity index is 417. The second-order valence-electron chi connectivity index (χ2n) is 3.06. The van der Waals surface area contributed by atoms with Gasteiger partial charge in [0.25, 0.3) is 0 Å². The standard InChI is InChI=1S/C10H9N3OS/c1-3-7-11-9(5-1)15(13-14-15)10-6-2-4-8-12-10/h1-8,13H. The highest BCUT2D eigenvalue weighted by Gasteiger charge is 2.46. The minimum Gasteiger partial charge on any atom is -0.248 e. The molecule has 0 saturated carbocycles. The van der Waals surface area contributed by atoms with Crippen molar-refractivity contribution in [2.75, 3.05) is 0 Å². The van der Waals surface area contributed by atoms with Gasteiger partial charge >= 0.3 is 0 Å². The van der Waals surface area contributed by atoms with Crippen LogP contribution in [-0.2, 0) is 4.28 Å². The van der Waals surface area contributed by atoms with Gasteiger partial charge in [-0.1, -0.05) is 12.1 Å². The van der Waals surface area contributed by atoms with Crippen LogP contribution < -0.4 is 4.89 Å². The third-order valence-corrected chi connectivity index (χ3v) is 4.28. The van der Waals surface area contributed by atoms with E-state index < -0.39 is 10.5 Å². The van der Waals surface area contributed by atoms with E-state index in [0.29, 0.717) is 0 Å². The molecule has 0 aliphatic carbocycles. The molecule has 1 saturated heterocycles. The van der Waals surface area contributed by atoms with E-state index in [1.807, 2.05) is 36.4 Å². The fraction of sp³-hybridized carbons (Fsp3) is 0. The van der Waals surface area contributed by atoms with Gasteiger partial charge in [0.2, 0.25) is 0 Å². The number of hydrogen-bond acceptors (Lipinski definition) is 4. The molecular formula is C10H9N3OS. The summed E-state index contributed by atoms with van der Waals surface area (Å²) in [5.41, 5.74) is 0. The van der Waals surface area contributed by atoms with Crippen LogP contribution in [0.4, 0.5) is 0 Å². The van der Waals surface area contributed by atoms with E-state index in [9.17, 15) is 0 Å². The number of hydrogen-bond donors (Lipinski definition) is 1. The number of aromatic nitrogens is 2. The van der Waals surface area contributed by atoms with Crippen LogP contribution in [0.3, 0.4) is 0 Å². The topological polar surface area (TPSA) is 60.2 Å². The van der Waals surface area contributed by atoms with Gasteiger partial charge < -0.3 is 0 Å². The summed E-state index contributed by atoms with van der Waals surface area (Å²) in [6.45, 7) is 0. The third-order valence-electron chi connectivity index (χ3n) is 2.11. The summed E-state index contributed by atoms with van der Waals surface area (Å²) < 4.78 is 5.38. The van der Waals surface area contributed by atoms with Crippen LogP contribution in [0.15, 0.2) is 58.8 Å². The Morgan fingerprint density at radius 2 is 1.47 bits per heavy atom. The maximum Gasteiger partial charge on any atom is 0.124 e. The van der Waals surface area contributed by atoms with Crippen molar-refractivity contribution in [3.8, 4) is 0 Å². The van der Waals surface area contributed by atoms with Gasteiger partial charge in [0.15, 0.2) is 0 Å². The van der Waals surface area contributed by atoms with Gasteiger partial charge in [-0.3, -0.25) is 0 Å². The van der Waals surface area contributed by atoms with Crippen LogP contribution in [0.2, 0.25) is 0 Å². The quantitative estimate of drug-likeness (QED) is 0.785. The molecule has 2 aromatic heterocycles. The second kappa shape index (κ2) is 3.30. The highest BCUT2D eigenvalue weighted by Crippen LogP contribution is 2.67. The van der Waals surface area contributed by atoms with E-state index in [0.717, 1.165) is 10.1 Å². The first-order valence-corrected chi connectivity index (χ1v) is 6.08. The zero-order valence-electron chi connectivity index (χ0n) is 7.83. The summed E-state index contributed by atoms with van der Waals surface area (Å²) in [7, 11) is -1.56. The van der Waals surface area contributed by atoms with Crippen molar-refractivity contribution in [1.29, 1.82) is 0 Å². The van der Waals surface area contributed by atoms with Crippen molar-refractivity contribution in [1.82, 2.24) is 14.9 Å². The number of rotatable bonds is 2. The third kappa shape index (κ3) is 1.41. The van der Waals surface area contributed by atoms with Gasteiger partial charge in [-0.25, -0.2) is 14.3 Å². The number of nitrogens with one attached hydrogen (secondary N) is 1. The molecule has 4 nitrogen and oxygen atoms in total. The number of nitrogens with zero attached hydrogens (tertiary/aromatic N) is 2. The lowest BCUT2D eigenvalue weighted by molar-refractivity contribution is 0.466. The van der Waals surface area contributed by atoms with Crippen LogP contribution in [0.1, 0.15) is 0 Å². The molecule has 0 amide bonds. The maximum atomic E-state index is 5.38. The van der Waals surface area contributed by atoms with E-state index in [-0.39, 0.29) is 0 Å². The summed E-state index contributed by atoms with van der Waals surface area (Å²) in [4.78, 5) is 11.5. The normalized spacial score (nSPS) is 19.5. The van der Waals surface area contributed by atoms with E-state index in [1.165, 1.54) is 0 Å². The largest absolute Gasteiger partial charge is 0.248 e. The Kier molecular flexibility index (Phi) is 1.95. The van der Waals surface area contributed by atoms with Crippen molar-refractivity contribution in [2.45, 2.75) is 10.1 Å². The molecule has 1 fully saturated rings. The Morgan fingerprint density at radius 1 is 0.933 bits per heavy atom. The summed E-state index contributed by atoms with van der Waals surface area (Å²) in [5.74, 6) is 0. The van der Waals surface area contributed by atoms with Gasteiger partial charge in [0.1, 0.15) is 10.1 Å². The molecule has 5 heteroatoms. The lowest BCUT2D eigenvalue weighted by Gasteiger charge is -2.11. The van der Waals surface area contributed by atoms with Crippen LogP contribution in [-0.4, -0.2) is 9.97 Å². The molecule has 76 valence electrons. The predicted octanol–water partition coefficient (Wildman–Crippen LogP) is 2.06. The van der Waals surface area contributed by atoms with E-state index >= 15 is 0 Å². The van der Waals surface area contributed by atoms with Crippen molar-refractivity contribution < 1.29 is 4.28 Å². The van der Waals surface area contributed by atoms with Crippen molar-refractivity contribution >= 4 is 10.5 Å². The fourth-order valence-electron chi connectivity index (χ4n) is 1.35. The Labute approximate surface area is 88.9 Å². The summed E-state index contributed by atoms with van der Waals surface area (Å²) in [6, 6.07) is 11.6. The summed E-state index contributed by atoms with van der Waals surface area (Å²) in [5, 5.41) is 1.81. The molecule has 0 bridgehead atoms. The first-order chi connectivity index (χ1) is 7.42. The lowest BCUT2D eigenvalue weighted by Crippen LogP contribution is -1.94. The molecule has 0 aromatic carbocycles. The average molecular weight is 219 g/mol. The maximum absolute atomic E-state index is 5.38. The van der Waals surface area contributed by atoms with Crippen molar-refractivity contribution in [3.05, 3.63) is 48.8 Å². The minimum absolute atomic E-state index is 0.906. The smallest absolute Gasteiger partial charge is 0.124 e. The monoisotopic (exact) mass is 219 g/mol. The van der Waals surface area contributed by atoms with Gasteiger partial charge in [-0.05, 0) is 24.3 Å².